The summed E-state index contributed by atoms with van der Waals surface area (Å²) in [7, 11) is 1.87. The van der Waals surface area contributed by atoms with Gasteiger partial charge < -0.3 is 15.3 Å². The van der Waals surface area contributed by atoms with E-state index in [1.165, 1.54) is 0 Å². The van der Waals surface area contributed by atoms with Crippen molar-refractivity contribution in [2.75, 3.05) is 25.0 Å². The van der Waals surface area contributed by atoms with Crippen molar-refractivity contribution in [2.24, 2.45) is 11.8 Å². The molecule has 3 unspecified atom stereocenters. The Balaban J connectivity index is 0.00000289. The summed E-state index contributed by atoms with van der Waals surface area (Å²) in [6.45, 7) is 1.07. The molecule has 2 N–H and O–H groups in total. The predicted octanol–water partition coefficient (Wildman–Crippen LogP) is 3.52. The van der Waals surface area contributed by atoms with E-state index in [0.29, 0.717) is 19.2 Å². The molecule has 2 aliphatic rings. The van der Waals surface area contributed by atoms with E-state index in [4.69, 9.17) is 0 Å². The van der Waals surface area contributed by atoms with Crippen molar-refractivity contribution in [3.05, 3.63) is 75.9 Å². The minimum absolute atomic E-state index is 0. The van der Waals surface area contributed by atoms with E-state index in [1.54, 1.807) is 4.90 Å². The normalized spacial score (nSPS) is 21.1. The summed E-state index contributed by atoms with van der Waals surface area (Å²) in [4.78, 5) is 30.6. The van der Waals surface area contributed by atoms with E-state index in [-0.39, 0.29) is 52.8 Å². The number of pyridine rings is 2. The number of benzene rings is 1. The number of nitrogens with zero attached hydrogens (tertiary/aromatic N) is 3. The molecule has 1 aliphatic heterocycles. The number of allylic oxidation sites excluding steroid dienone is 1. The first kappa shape index (κ1) is 24.7. The summed E-state index contributed by atoms with van der Waals surface area (Å²) >= 11 is 0. The molecule has 0 radical (unpaired) electrons. The molecular weight excluding hydrogens is 485 g/mol. The van der Waals surface area contributed by atoms with Gasteiger partial charge in [-0.25, -0.2) is 22.9 Å². The summed E-state index contributed by atoms with van der Waals surface area (Å²) in [5.74, 6) is -3.62. The minimum Gasteiger partial charge on any atom is -0.477 e. The average Bonchev–Trinajstić information content (AvgIpc) is 3.24. The summed E-state index contributed by atoms with van der Waals surface area (Å²) in [6, 6.07) is 3.83. The van der Waals surface area contributed by atoms with Crippen molar-refractivity contribution in [1.82, 2.24) is 14.9 Å². The topological polar surface area (TPSA) is 87.5 Å². The molecule has 0 spiro atoms. The number of carboxylic acids is 1. The third-order valence-electron chi connectivity index (χ3n) is 6.68. The van der Waals surface area contributed by atoms with Crippen LogP contribution in [0.4, 0.5) is 19.0 Å². The minimum atomic E-state index is -1.55. The van der Waals surface area contributed by atoms with Crippen LogP contribution in [-0.2, 0) is 0 Å². The lowest BCUT2D eigenvalue weighted by Crippen LogP contribution is -2.38. The quantitative estimate of drug-likeness (QED) is 0.527. The molecule has 3 aromatic rings. The maximum atomic E-state index is 15.3. The predicted molar refractivity (Wildman–Crippen MR) is 127 cm³/mol. The lowest BCUT2D eigenvalue weighted by Gasteiger charge is -2.28. The van der Waals surface area contributed by atoms with Crippen molar-refractivity contribution in [3.63, 3.8) is 0 Å². The number of aromatic nitrogens is 2. The van der Waals surface area contributed by atoms with Crippen LogP contribution >= 0.6 is 12.4 Å². The zero-order chi connectivity index (χ0) is 24.1. The van der Waals surface area contributed by atoms with E-state index in [0.717, 1.165) is 35.4 Å². The molecule has 5 rings (SSSR count). The Hall–Kier alpha value is -3.37. The Morgan fingerprint density at radius 3 is 2.63 bits per heavy atom. The van der Waals surface area contributed by atoms with Crippen LogP contribution in [0.2, 0.25) is 0 Å². The molecule has 1 aliphatic carbocycles. The Morgan fingerprint density at radius 1 is 1.17 bits per heavy atom. The molecule has 1 aromatic carbocycles. The zero-order valence-electron chi connectivity index (χ0n) is 18.5. The van der Waals surface area contributed by atoms with E-state index in [2.05, 4.69) is 22.5 Å². The van der Waals surface area contributed by atoms with Crippen LogP contribution in [0, 0.1) is 29.3 Å². The maximum Gasteiger partial charge on any atom is 0.341 e. The van der Waals surface area contributed by atoms with Crippen molar-refractivity contribution < 1.29 is 23.1 Å². The highest BCUT2D eigenvalue weighted by molar-refractivity contribution is 5.92. The molecule has 0 saturated carbocycles. The molecule has 1 saturated heterocycles. The highest BCUT2D eigenvalue weighted by Gasteiger charge is 2.39. The molecule has 1 fully saturated rings. The van der Waals surface area contributed by atoms with Gasteiger partial charge in [-0.1, -0.05) is 12.2 Å². The largest absolute Gasteiger partial charge is 0.477 e. The van der Waals surface area contributed by atoms with Gasteiger partial charge in [0, 0.05) is 37.3 Å². The second-order valence-corrected chi connectivity index (χ2v) is 8.61. The number of halogens is 4. The van der Waals surface area contributed by atoms with Crippen molar-refractivity contribution >= 4 is 35.2 Å². The van der Waals surface area contributed by atoms with Crippen molar-refractivity contribution in [2.45, 2.75) is 12.5 Å². The van der Waals surface area contributed by atoms with Gasteiger partial charge in [0.1, 0.15) is 17.2 Å². The molecule has 11 heteroatoms. The molecule has 184 valence electrons. The fourth-order valence-corrected chi connectivity index (χ4v) is 5.03. The summed E-state index contributed by atoms with van der Waals surface area (Å²) < 4.78 is 44.5. The highest BCUT2D eigenvalue weighted by Crippen LogP contribution is 2.36. The molecule has 3 atom stereocenters. The fourth-order valence-electron chi connectivity index (χ4n) is 5.03. The number of fused-ring (bicyclic) bond motifs is 2. The van der Waals surface area contributed by atoms with Gasteiger partial charge in [-0.15, -0.1) is 12.4 Å². The lowest BCUT2D eigenvalue weighted by atomic mass is 9.82. The smallest absolute Gasteiger partial charge is 0.341 e. The monoisotopic (exact) mass is 506 g/mol. The number of anilines is 1. The number of carbonyl (C=O) groups is 1. The van der Waals surface area contributed by atoms with Gasteiger partial charge in [-0.05, 0) is 37.6 Å². The van der Waals surface area contributed by atoms with Crippen LogP contribution in [-0.4, -0.2) is 46.8 Å². The van der Waals surface area contributed by atoms with Crippen molar-refractivity contribution in [1.29, 1.82) is 0 Å². The fraction of sp³-hybridized carbons (Fsp3) is 0.292. The van der Waals surface area contributed by atoms with Gasteiger partial charge in [0.15, 0.2) is 17.3 Å². The van der Waals surface area contributed by atoms with E-state index < -0.39 is 34.4 Å². The number of aromatic carboxylic acids is 1. The maximum absolute atomic E-state index is 15.3. The van der Waals surface area contributed by atoms with Crippen LogP contribution in [0.1, 0.15) is 16.8 Å². The van der Waals surface area contributed by atoms with Crippen LogP contribution in [0.15, 0.2) is 47.4 Å². The molecule has 35 heavy (non-hydrogen) atoms. The zero-order valence-corrected chi connectivity index (χ0v) is 19.4. The number of nitrogens with one attached hydrogen (secondary N) is 1. The molecule has 2 aromatic heterocycles. The van der Waals surface area contributed by atoms with E-state index >= 15 is 4.39 Å². The van der Waals surface area contributed by atoms with Crippen LogP contribution in [0.25, 0.3) is 16.7 Å². The SMILES string of the molecule is CNC1C=CCC2CN(c3nc4c(cc3F)c(=O)c(C(=O)O)cn4-c3ccc(F)cc3F)CC21.Cl. The number of hydrogen-bond acceptors (Lipinski definition) is 5. The first-order valence-corrected chi connectivity index (χ1v) is 10.8. The van der Waals surface area contributed by atoms with Crippen LogP contribution < -0.4 is 15.6 Å². The van der Waals surface area contributed by atoms with Crippen LogP contribution in [0.3, 0.4) is 0 Å². The van der Waals surface area contributed by atoms with Gasteiger partial charge in [-0.3, -0.25) is 9.36 Å². The number of likely N-dealkylation sites (N-methyl/N-ethyl adjacent to an activating group) is 1. The average molecular weight is 507 g/mol. The van der Waals surface area contributed by atoms with Gasteiger partial charge >= 0.3 is 5.97 Å². The standard InChI is InChI=1S/C24H21F3N4O3.ClH/c1-28-19-4-2-3-12-9-30(10-15(12)19)23-18(27)8-14-21(32)16(24(33)34)11-31(22(14)29-23)20-6-5-13(25)7-17(20)26;/h2,4-8,11-12,15,19,28H,3,9-10H2,1H3,(H,33,34);1H. The molecule has 0 amide bonds. The molecule has 3 heterocycles. The summed E-state index contributed by atoms with van der Waals surface area (Å²) in [6.07, 6.45) is 5.97. The Kier molecular flexibility index (Phi) is 6.61. The van der Waals surface area contributed by atoms with Crippen LogP contribution in [0.5, 0.6) is 0 Å². The Labute approximate surface area is 204 Å². The molecular formula is C24H22ClF3N4O3. The van der Waals surface area contributed by atoms with E-state index in [1.807, 2.05) is 7.05 Å². The lowest BCUT2D eigenvalue weighted by molar-refractivity contribution is 0.0695. The second kappa shape index (κ2) is 9.35. The van der Waals surface area contributed by atoms with Gasteiger partial charge in [-0.2, -0.15) is 0 Å². The van der Waals surface area contributed by atoms with Gasteiger partial charge in [0.05, 0.1) is 11.1 Å². The van der Waals surface area contributed by atoms with Gasteiger partial charge in [0.2, 0.25) is 5.43 Å². The molecule has 7 nitrogen and oxygen atoms in total. The highest BCUT2D eigenvalue weighted by atomic mass is 35.5. The first-order chi connectivity index (χ1) is 16.3. The third-order valence-corrected chi connectivity index (χ3v) is 6.68. The van der Waals surface area contributed by atoms with Gasteiger partial charge in [0.25, 0.3) is 0 Å². The summed E-state index contributed by atoms with van der Waals surface area (Å²) in [5, 5.41) is 12.4. The molecule has 0 bridgehead atoms. The van der Waals surface area contributed by atoms with Crippen molar-refractivity contribution in [3.8, 4) is 5.69 Å². The summed E-state index contributed by atoms with van der Waals surface area (Å²) in [5.41, 5.74) is -1.95. The Bertz CT molecular complexity index is 1410. The second-order valence-electron chi connectivity index (χ2n) is 8.61. The number of carboxylic acid groups (broad SMARTS) is 1. The number of hydrogen-bond donors (Lipinski definition) is 2. The first-order valence-electron chi connectivity index (χ1n) is 10.8. The third kappa shape index (κ3) is 4.17. The Morgan fingerprint density at radius 2 is 1.94 bits per heavy atom. The number of rotatable bonds is 4. The van der Waals surface area contributed by atoms with E-state index in [9.17, 15) is 23.5 Å².